The molecule has 3 aromatic rings. The number of anilines is 2. The van der Waals surface area contributed by atoms with Crippen LogP contribution in [0.1, 0.15) is 0 Å². The number of aromatic hydroxyl groups is 1. The van der Waals surface area contributed by atoms with Gasteiger partial charge in [-0.2, -0.15) is 0 Å². The molecule has 0 aliphatic carbocycles. The van der Waals surface area contributed by atoms with Gasteiger partial charge in [-0.25, -0.2) is 4.39 Å². The average molecular weight is 426 g/mol. The maximum atomic E-state index is 15.3. The molecule has 7 heteroatoms. The molecule has 1 aliphatic heterocycles. The van der Waals surface area contributed by atoms with Crippen LogP contribution in [0.4, 0.5) is 15.8 Å². The molecule has 0 aromatic heterocycles. The highest BCUT2D eigenvalue weighted by molar-refractivity contribution is 6.34. The quantitative estimate of drug-likeness (QED) is 0.411. The number of rotatable bonds is 5. The first-order chi connectivity index (χ1) is 14.4. The SMILES string of the molecule is C=CC(=O)N1CC(CNc2cc(Cl)c(-c3cc(O)cc4ccccc34)c(F)c2N)C1. The Balaban J connectivity index is 1.62. The standard InChI is InChI=1S/C23H21ClFN3O2/c1-2-20(30)28-11-13(12-28)10-27-19-9-18(24)21(22(25)23(19)26)17-8-15(29)7-14-5-3-4-6-16(14)17/h2-9,13,27,29H,1,10-12,26H2. The number of likely N-dealkylation sites (tertiary alicyclic amines) is 1. The summed E-state index contributed by atoms with van der Waals surface area (Å²) in [5.41, 5.74) is 7.07. The Bertz CT molecular complexity index is 1160. The lowest BCUT2D eigenvalue weighted by atomic mass is 9.96. The summed E-state index contributed by atoms with van der Waals surface area (Å²) in [4.78, 5) is 13.2. The van der Waals surface area contributed by atoms with Crippen LogP contribution in [0.2, 0.25) is 5.02 Å². The van der Waals surface area contributed by atoms with Crippen LogP contribution >= 0.6 is 11.6 Å². The number of nitrogens with two attached hydrogens (primary N) is 1. The van der Waals surface area contributed by atoms with E-state index < -0.39 is 5.82 Å². The number of hydrogen-bond acceptors (Lipinski definition) is 4. The maximum absolute atomic E-state index is 15.3. The first-order valence-electron chi connectivity index (χ1n) is 9.54. The summed E-state index contributed by atoms with van der Waals surface area (Å²) in [5.74, 6) is -0.478. The highest BCUT2D eigenvalue weighted by atomic mass is 35.5. The van der Waals surface area contributed by atoms with Gasteiger partial charge in [-0.05, 0) is 40.6 Å². The lowest BCUT2D eigenvalue weighted by Crippen LogP contribution is -2.51. The number of phenols is 1. The van der Waals surface area contributed by atoms with Crippen LogP contribution in [0.25, 0.3) is 21.9 Å². The van der Waals surface area contributed by atoms with E-state index in [1.54, 1.807) is 17.0 Å². The van der Waals surface area contributed by atoms with E-state index in [4.69, 9.17) is 17.3 Å². The Labute approximate surface area is 178 Å². The van der Waals surface area contributed by atoms with Crippen LogP contribution in [0.3, 0.4) is 0 Å². The van der Waals surface area contributed by atoms with Crippen LogP contribution in [0, 0.1) is 11.7 Å². The van der Waals surface area contributed by atoms with Gasteiger partial charge in [0.15, 0.2) is 5.82 Å². The lowest BCUT2D eigenvalue weighted by Gasteiger charge is -2.39. The van der Waals surface area contributed by atoms with E-state index in [1.807, 2.05) is 24.3 Å². The average Bonchev–Trinajstić information content (AvgIpc) is 2.69. The van der Waals surface area contributed by atoms with Gasteiger partial charge in [0.1, 0.15) is 5.75 Å². The molecule has 1 heterocycles. The summed E-state index contributed by atoms with van der Waals surface area (Å²) in [5, 5.41) is 15.0. The number of fused-ring (bicyclic) bond motifs is 1. The number of nitrogens with one attached hydrogen (secondary N) is 1. The highest BCUT2D eigenvalue weighted by Gasteiger charge is 2.29. The van der Waals surface area contributed by atoms with Crippen molar-refractivity contribution in [2.75, 3.05) is 30.7 Å². The van der Waals surface area contributed by atoms with Crippen LogP contribution < -0.4 is 11.1 Å². The molecule has 5 nitrogen and oxygen atoms in total. The molecule has 0 bridgehead atoms. The second kappa shape index (κ2) is 7.88. The number of hydrogen-bond donors (Lipinski definition) is 3. The summed E-state index contributed by atoms with van der Waals surface area (Å²) in [6, 6.07) is 12.1. The number of nitrogen functional groups attached to an aromatic ring is 1. The van der Waals surface area contributed by atoms with Crippen molar-refractivity contribution in [1.82, 2.24) is 4.90 Å². The predicted octanol–water partition coefficient (Wildman–Crippen LogP) is 4.64. The van der Waals surface area contributed by atoms with Crippen molar-refractivity contribution in [2.45, 2.75) is 0 Å². The molecular weight excluding hydrogens is 405 g/mol. The molecule has 1 fully saturated rings. The molecule has 0 radical (unpaired) electrons. The summed E-state index contributed by atoms with van der Waals surface area (Å²) in [6.07, 6.45) is 1.29. The smallest absolute Gasteiger partial charge is 0.245 e. The number of benzene rings is 3. The molecule has 1 aliphatic rings. The Morgan fingerprint density at radius 3 is 2.80 bits per heavy atom. The number of phenolic OH excluding ortho intramolecular Hbond substituents is 1. The number of carbonyl (C=O) groups excluding carboxylic acids is 1. The van der Waals surface area contributed by atoms with Gasteiger partial charge >= 0.3 is 0 Å². The van der Waals surface area contributed by atoms with Crippen molar-refractivity contribution in [2.24, 2.45) is 5.92 Å². The highest BCUT2D eigenvalue weighted by Crippen LogP contribution is 2.42. The Morgan fingerprint density at radius 1 is 1.33 bits per heavy atom. The molecule has 154 valence electrons. The fourth-order valence-corrected chi connectivity index (χ4v) is 4.09. The third kappa shape index (κ3) is 3.55. The zero-order chi connectivity index (χ0) is 21.4. The minimum absolute atomic E-state index is 0.0172. The van der Waals surface area contributed by atoms with Crippen molar-refractivity contribution in [3.8, 4) is 16.9 Å². The molecule has 1 amide bonds. The zero-order valence-corrected chi connectivity index (χ0v) is 16.9. The molecule has 0 spiro atoms. The first kappa shape index (κ1) is 20.0. The van der Waals surface area contributed by atoms with E-state index in [0.717, 1.165) is 10.8 Å². The van der Waals surface area contributed by atoms with E-state index in [1.165, 1.54) is 12.1 Å². The topological polar surface area (TPSA) is 78.6 Å². The molecule has 3 aromatic carbocycles. The van der Waals surface area contributed by atoms with Gasteiger partial charge in [-0.3, -0.25) is 4.79 Å². The Morgan fingerprint density at radius 2 is 2.07 bits per heavy atom. The van der Waals surface area contributed by atoms with Crippen molar-refractivity contribution in [1.29, 1.82) is 0 Å². The predicted molar refractivity (Wildman–Crippen MR) is 119 cm³/mol. The number of nitrogens with zero attached hydrogens (tertiary/aromatic N) is 1. The third-order valence-electron chi connectivity index (χ3n) is 5.40. The van der Waals surface area contributed by atoms with Gasteiger partial charge in [0, 0.05) is 31.1 Å². The fourth-order valence-electron chi connectivity index (χ4n) is 3.79. The van der Waals surface area contributed by atoms with E-state index >= 15 is 4.39 Å². The molecule has 30 heavy (non-hydrogen) atoms. The fraction of sp³-hybridized carbons (Fsp3) is 0.174. The van der Waals surface area contributed by atoms with Crippen LogP contribution in [0.15, 0.2) is 55.1 Å². The van der Waals surface area contributed by atoms with Crippen molar-refractivity contribution in [3.05, 3.63) is 66.0 Å². The molecule has 1 saturated heterocycles. The summed E-state index contributed by atoms with van der Waals surface area (Å²) in [7, 11) is 0. The van der Waals surface area contributed by atoms with Gasteiger partial charge < -0.3 is 21.1 Å². The van der Waals surface area contributed by atoms with E-state index in [0.29, 0.717) is 30.9 Å². The van der Waals surface area contributed by atoms with E-state index in [2.05, 4.69) is 11.9 Å². The zero-order valence-electron chi connectivity index (χ0n) is 16.2. The maximum Gasteiger partial charge on any atom is 0.245 e. The first-order valence-corrected chi connectivity index (χ1v) is 9.91. The normalized spacial score (nSPS) is 13.9. The van der Waals surface area contributed by atoms with E-state index in [-0.39, 0.29) is 33.8 Å². The lowest BCUT2D eigenvalue weighted by molar-refractivity contribution is -0.131. The monoisotopic (exact) mass is 425 g/mol. The van der Waals surface area contributed by atoms with E-state index in [9.17, 15) is 9.90 Å². The summed E-state index contributed by atoms with van der Waals surface area (Å²) in [6.45, 7) is 5.24. The van der Waals surface area contributed by atoms with Gasteiger partial charge in [-0.1, -0.05) is 42.4 Å². The van der Waals surface area contributed by atoms with Gasteiger partial charge in [0.25, 0.3) is 0 Å². The molecule has 4 N–H and O–H groups in total. The number of carbonyl (C=O) groups is 1. The second-order valence-electron chi connectivity index (χ2n) is 7.42. The van der Waals surface area contributed by atoms with Crippen LogP contribution in [0.5, 0.6) is 5.75 Å². The molecular formula is C23H21ClFN3O2. The number of amides is 1. The molecule has 0 unspecified atom stereocenters. The van der Waals surface area contributed by atoms with Crippen molar-refractivity contribution in [3.63, 3.8) is 0 Å². The second-order valence-corrected chi connectivity index (χ2v) is 7.82. The minimum atomic E-state index is -0.641. The Hall–Kier alpha value is -3.25. The minimum Gasteiger partial charge on any atom is -0.508 e. The van der Waals surface area contributed by atoms with Crippen molar-refractivity contribution >= 4 is 39.7 Å². The van der Waals surface area contributed by atoms with Gasteiger partial charge in [-0.15, -0.1) is 0 Å². The number of halogens is 2. The summed E-state index contributed by atoms with van der Waals surface area (Å²) >= 11 is 6.46. The molecule has 0 saturated carbocycles. The Kier molecular flexibility index (Phi) is 5.26. The third-order valence-corrected chi connectivity index (χ3v) is 5.69. The van der Waals surface area contributed by atoms with Crippen LogP contribution in [-0.4, -0.2) is 35.5 Å². The van der Waals surface area contributed by atoms with Crippen LogP contribution in [-0.2, 0) is 4.79 Å². The molecule has 4 rings (SSSR count). The largest absolute Gasteiger partial charge is 0.508 e. The van der Waals surface area contributed by atoms with Crippen molar-refractivity contribution < 1.29 is 14.3 Å². The molecule has 0 atom stereocenters. The summed E-state index contributed by atoms with van der Waals surface area (Å²) < 4.78 is 15.3. The van der Waals surface area contributed by atoms with Gasteiger partial charge in [0.05, 0.1) is 16.4 Å². The van der Waals surface area contributed by atoms with Gasteiger partial charge in [0.2, 0.25) is 5.91 Å².